The van der Waals surface area contributed by atoms with Crippen molar-refractivity contribution >= 4 is 17.0 Å². The molecule has 0 saturated heterocycles. The lowest BCUT2D eigenvalue weighted by Gasteiger charge is -2.22. The van der Waals surface area contributed by atoms with Crippen molar-refractivity contribution in [2.24, 2.45) is 0 Å². The second-order valence-corrected chi connectivity index (χ2v) is 5.07. The molecule has 2 aromatic rings. The number of nitrogens with zero attached hydrogens (tertiary/aromatic N) is 2. The van der Waals surface area contributed by atoms with Gasteiger partial charge < -0.3 is 10.2 Å². The average molecular weight is 279 g/mol. The molecule has 0 amide bonds. The minimum Gasteiger partial charge on any atom is -0.368 e. The van der Waals surface area contributed by atoms with Gasteiger partial charge in [-0.3, -0.25) is 0 Å². The number of thiazole rings is 1. The van der Waals surface area contributed by atoms with Crippen LogP contribution in [-0.2, 0) is 13.1 Å². The lowest BCUT2D eigenvalue weighted by Crippen LogP contribution is -2.21. The first kappa shape index (κ1) is 14.0. The van der Waals surface area contributed by atoms with Gasteiger partial charge in [0.15, 0.2) is 0 Å². The Labute approximate surface area is 117 Å². The second-order valence-electron chi connectivity index (χ2n) is 4.35. The lowest BCUT2D eigenvalue weighted by atomic mass is 10.1. The van der Waals surface area contributed by atoms with Gasteiger partial charge in [-0.15, -0.1) is 11.3 Å². The van der Waals surface area contributed by atoms with E-state index in [-0.39, 0.29) is 5.82 Å². The van der Waals surface area contributed by atoms with Crippen molar-refractivity contribution in [3.05, 3.63) is 46.2 Å². The number of anilines is 1. The molecule has 0 spiro atoms. The standard InChI is InChI=1S/C14H18FN3S/c1-3-16-7-12-13(15)5-4-6-14(12)18(2)8-11-9-19-10-17-11/h4-6,9-10,16H,3,7-8H2,1-2H3. The summed E-state index contributed by atoms with van der Waals surface area (Å²) in [4.78, 5) is 6.30. The molecule has 5 heteroatoms. The normalized spacial score (nSPS) is 10.7. The summed E-state index contributed by atoms with van der Waals surface area (Å²) in [6, 6.07) is 5.20. The van der Waals surface area contributed by atoms with Crippen LogP contribution in [0, 0.1) is 5.82 Å². The predicted octanol–water partition coefficient (Wildman–Crippen LogP) is 3.03. The Morgan fingerprint density at radius 2 is 2.26 bits per heavy atom. The molecule has 0 aliphatic carbocycles. The smallest absolute Gasteiger partial charge is 0.129 e. The van der Waals surface area contributed by atoms with Gasteiger partial charge in [-0.25, -0.2) is 9.37 Å². The fourth-order valence-corrected chi connectivity index (χ4v) is 2.52. The van der Waals surface area contributed by atoms with Crippen LogP contribution in [-0.4, -0.2) is 18.6 Å². The highest BCUT2D eigenvalue weighted by molar-refractivity contribution is 7.07. The van der Waals surface area contributed by atoms with Crippen LogP contribution >= 0.6 is 11.3 Å². The first-order valence-corrected chi connectivity index (χ1v) is 7.23. The van der Waals surface area contributed by atoms with E-state index in [1.807, 2.05) is 35.8 Å². The molecule has 19 heavy (non-hydrogen) atoms. The molecule has 1 aromatic carbocycles. The third kappa shape index (κ3) is 3.52. The maximum absolute atomic E-state index is 13.9. The number of aromatic nitrogens is 1. The van der Waals surface area contributed by atoms with Gasteiger partial charge in [0.25, 0.3) is 0 Å². The van der Waals surface area contributed by atoms with Gasteiger partial charge in [0.2, 0.25) is 0 Å². The highest BCUT2D eigenvalue weighted by atomic mass is 32.1. The topological polar surface area (TPSA) is 28.2 Å². The van der Waals surface area contributed by atoms with E-state index in [0.717, 1.165) is 17.9 Å². The molecule has 0 radical (unpaired) electrons. The molecule has 0 bridgehead atoms. The first-order chi connectivity index (χ1) is 9.22. The molecule has 0 fully saturated rings. The van der Waals surface area contributed by atoms with E-state index in [1.54, 1.807) is 17.4 Å². The molecule has 0 atom stereocenters. The fraction of sp³-hybridized carbons (Fsp3) is 0.357. The van der Waals surface area contributed by atoms with Crippen LogP contribution in [0.25, 0.3) is 0 Å². The van der Waals surface area contributed by atoms with Crippen molar-refractivity contribution in [2.75, 3.05) is 18.5 Å². The number of halogens is 1. The number of nitrogens with one attached hydrogen (secondary N) is 1. The highest BCUT2D eigenvalue weighted by Gasteiger charge is 2.12. The van der Waals surface area contributed by atoms with Crippen LogP contribution in [0.15, 0.2) is 29.1 Å². The summed E-state index contributed by atoms with van der Waals surface area (Å²) in [5.74, 6) is -0.163. The van der Waals surface area contributed by atoms with Gasteiger partial charge in [-0.05, 0) is 18.7 Å². The van der Waals surface area contributed by atoms with E-state index >= 15 is 0 Å². The molecule has 1 aromatic heterocycles. The Morgan fingerprint density at radius 3 is 2.95 bits per heavy atom. The zero-order valence-electron chi connectivity index (χ0n) is 11.2. The third-order valence-electron chi connectivity index (χ3n) is 2.94. The molecule has 0 aliphatic heterocycles. The average Bonchev–Trinajstić information content (AvgIpc) is 2.90. The van der Waals surface area contributed by atoms with Crippen molar-refractivity contribution in [1.82, 2.24) is 10.3 Å². The molecule has 0 saturated carbocycles. The summed E-state index contributed by atoms with van der Waals surface area (Å²) >= 11 is 1.57. The number of hydrogen-bond donors (Lipinski definition) is 1. The monoisotopic (exact) mass is 279 g/mol. The minimum absolute atomic E-state index is 0.163. The van der Waals surface area contributed by atoms with E-state index < -0.39 is 0 Å². The Morgan fingerprint density at radius 1 is 1.42 bits per heavy atom. The summed E-state index contributed by atoms with van der Waals surface area (Å²) in [5.41, 5.74) is 4.44. The molecule has 0 unspecified atom stereocenters. The molecular weight excluding hydrogens is 261 g/mol. The largest absolute Gasteiger partial charge is 0.368 e. The molecule has 0 aliphatic rings. The minimum atomic E-state index is -0.163. The quantitative estimate of drug-likeness (QED) is 0.881. The van der Waals surface area contributed by atoms with Crippen molar-refractivity contribution < 1.29 is 4.39 Å². The molecule has 2 rings (SSSR count). The number of hydrogen-bond acceptors (Lipinski definition) is 4. The van der Waals surface area contributed by atoms with E-state index in [2.05, 4.69) is 10.3 Å². The van der Waals surface area contributed by atoms with Crippen LogP contribution < -0.4 is 10.2 Å². The maximum Gasteiger partial charge on any atom is 0.129 e. The molecule has 102 valence electrons. The van der Waals surface area contributed by atoms with E-state index in [1.165, 1.54) is 6.07 Å². The number of benzene rings is 1. The molecule has 1 heterocycles. The summed E-state index contributed by atoms with van der Waals surface area (Å²) in [5, 5.41) is 5.19. The predicted molar refractivity (Wildman–Crippen MR) is 78.0 cm³/mol. The zero-order chi connectivity index (χ0) is 13.7. The van der Waals surface area contributed by atoms with Gasteiger partial charge in [0.05, 0.1) is 17.7 Å². The summed E-state index contributed by atoms with van der Waals surface area (Å²) in [7, 11) is 1.96. The van der Waals surface area contributed by atoms with Crippen LogP contribution in [0.2, 0.25) is 0 Å². The summed E-state index contributed by atoms with van der Waals surface area (Å²) < 4.78 is 13.9. The lowest BCUT2D eigenvalue weighted by molar-refractivity contribution is 0.592. The van der Waals surface area contributed by atoms with Crippen LogP contribution in [0.3, 0.4) is 0 Å². The van der Waals surface area contributed by atoms with E-state index in [0.29, 0.717) is 18.7 Å². The van der Waals surface area contributed by atoms with Crippen LogP contribution in [0.1, 0.15) is 18.2 Å². The zero-order valence-corrected chi connectivity index (χ0v) is 12.0. The fourth-order valence-electron chi connectivity index (χ4n) is 1.97. The van der Waals surface area contributed by atoms with Gasteiger partial charge >= 0.3 is 0 Å². The third-order valence-corrected chi connectivity index (χ3v) is 3.58. The van der Waals surface area contributed by atoms with Gasteiger partial charge in [-0.2, -0.15) is 0 Å². The second kappa shape index (κ2) is 6.63. The SMILES string of the molecule is CCNCc1c(F)cccc1N(C)Cc1cscn1. The Hall–Kier alpha value is -1.46. The summed E-state index contributed by atoms with van der Waals surface area (Å²) in [6.07, 6.45) is 0. The molecule has 1 N–H and O–H groups in total. The van der Waals surface area contributed by atoms with Crippen LogP contribution in [0.4, 0.5) is 10.1 Å². The van der Waals surface area contributed by atoms with E-state index in [9.17, 15) is 4.39 Å². The highest BCUT2D eigenvalue weighted by Crippen LogP contribution is 2.23. The summed E-state index contributed by atoms with van der Waals surface area (Å²) in [6.45, 7) is 4.06. The Bertz CT molecular complexity index is 513. The Balaban J connectivity index is 2.20. The van der Waals surface area contributed by atoms with Crippen molar-refractivity contribution in [2.45, 2.75) is 20.0 Å². The first-order valence-electron chi connectivity index (χ1n) is 6.28. The van der Waals surface area contributed by atoms with Gasteiger partial charge in [-0.1, -0.05) is 13.0 Å². The molecule has 3 nitrogen and oxygen atoms in total. The van der Waals surface area contributed by atoms with Crippen molar-refractivity contribution in [3.63, 3.8) is 0 Å². The molecular formula is C14H18FN3S. The van der Waals surface area contributed by atoms with Crippen molar-refractivity contribution in [1.29, 1.82) is 0 Å². The number of rotatable bonds is 6. The van der Waals surface area contributed by atoms with Crippen molar-refractivity contribution in [3.8, 4) is 0 Å². The van der Waals surface area contributed by atoms with E-state index in [4.69, 9.17) is 0 Å². The van der Waals surface area contributed by atoms with Gasteiger partial charge in [0, 0.05) is 30.2 Å². The van der Waals surface area contributed by atoms with Crippen LogP contribution in [0.5, 0.6) is 0 Å². The maximum atomic E-state index is 13.9. The van der Waals surface area contributed by atoms with Gasteiger partial charge in [0.1, 0.15) is 5.82 Å². The Kier molecular flexibility index (Phi) is 4.87.